The molecule has 2 aromatic rings. The van der Waals surface area contributed by atoms with Crippen LogP contribution in [0.4, 0.5) is 0 Å². The summed E-state index contributed by atoms with van der Waals surface area (Å²) in [6.45, 7) is 3.34. The standard InChI is InChI=1S/C22H33NO3.C6H6/c24-21(25)16-22(26)12-9-20(15-22)17-23-13-10-19(11-14-23)8-4-7-18-5-2-1-3-6-18;1-2-4-6-5-3-1/h1-3,5-6,19-20,26H,4,7-17H2,(H,24,25);1-6H. The van der Waals surface area contributed by atoms with Crippen molar-refractivity contribution >= 4 is 5.97 Å². The minimum absolute atomic E-state index is 0.104. The predicted molar refractivity (Wildman–Crippen MR) is 130 cm³/mol. The molecule has 2 N–H and O–H groups in total. The summed E-state index contributed by atoms with van der Waals surface area (Å²) in [6, 6.07) is 22.8. The number of rotatable bonds is 8. The summed E-state index contributed by atoms with van der Waals surface area (Å²) < 4.78 is 0. The molecule has 1 saturated carbocycles. The number of hydrogen-bond acceptors (Lipinski definition) is 3. The van der Waals surface area contributed by atoms with E-state index in [4.69, 9.17) is 5.11 Å². The van der Waals surface area contributed by atoms with Crippen LogP contribution in [-0.4, -0.2) is 46.3 Å². The van der Waals surface area contributed by atoms with E-state index in [2.05, 4.69) is 35.2 Å². The fourth-order valence-electron chi connectivity index (χ4n) is 5.26. The van der Waals surface area contributed by atoms with Gasteiger partial charge in [-0.1, -0.05) is 73.2 Å². The zero-order chi connectivity index (χ0) is 22.7. The Labute approximate surface area is 193 Å². The highest BCUT2D eigenvalue weighted by Gasteiger charge is 2.39. The third-order valence-corrected chi connectivity index (χ3v) is 6.98. The van der Waals surface area contributed by atoms with Crippen LogP contribution in [0, 0.1) is 11.8 Å². The van der Waals surface area contributed by atoms with Crippen molar-refractivity contribution in [2.75, 3.05) is 19.6 Å². The predicted octanol–water partition coefficient (Wildman–Crippen LogP) is 5.41. The zero-order valence-corrected chi connectivity index (χ0v) is 19.2. The summed E-state index contributed by atoms with van der Waals surface area (Å²) in [5.41, 5.74) is 0.478. The van der Waals surface area contributed by atoms with Gasteiger partial charge < -0.3 is 15.1 Å². The second kappa shape index (κ2) is 12.8. The Hall–Kier alpha value is -2.17. The van der Waals surface area contributed by atoms with Crippen molar-refractivity contribution in [2.24, 2.45) is 11.8 Å². The third-order valence-electron chi connectivity index (χ3n) is 6.98. The monoisotopic (exact) mass is 437 g/mol. The zero-order valence-electron chi connectivity index (χ0n) is 19.2. The van der Waals surface area contributed by atoms with Crippen LogP contribution in [0.25, 0.3) is 0 Å². The van der Waals surface area contributed by atoms with Crippen molar-refractivity contribution < 1.29 is 15.0 Å². The fraction of sp³-hybridized carbons (Fsp3) is 0.536. The number of nitrogens with zero attached hydrogens (tertiary/aromatic N) is 1. The normalized spacial score (nSPS) is 24.0. The summed E-state index contributed by atoms with van der Waals surface area (Å²) in [5, 5.41) is 19.3. The van der Waals surface area contributed by atoms with Crippen LogP contribution >= 0.6 is 0 Å². The summed E-state index contributed by atoms with van der Waals surface area (Å²) >= 11 is 0. The van der Waals surface area contributed by atoms with Gasteiger partial charge in [0.1, 0.15) is 0 Å². The van der Waals surface area contributed by atoms with E-state index in [0.29, 0.717) is 18.8 Å². The lowest BCUT2D eigenvalue weighted by Crippen LogP contribution is -2.37. The van der Waals surface area contributed by atoms with Gasteiger partial charge >= 0.3 is 5.97 Å². The molecule has 32 heavy (non-hydrogen) atoms. The van der Waals surface area contributed by atoms with Crippen LogP contribution in [0.1, 0.15) is 56.9 Å². The summed E-state index contributed by atoms with van der Waals surface area (Å²) in [6.07, 6.45) is 8.49. The number of carboxylic acid groups (broad SMARTS) is 1. The van der Waals surface area contributed by atoms with Crippen LogP contribution in [0.2, 0.25) is 0 Å². The maximum Gasteiger partial charge on any atom is 0.306 e. The van der Waals surface area contributed by atoms with E-state index in [0.717, 1.165) is 32.0 Å². The quantitative estimate of drug-likeness (QED) is 0.579. The molecule has 4 nitrogen and oxygen atoms in total. The number of carbonyl (C=O) groups is 1. The highest BCUT2D eigenvalue weighted by Crippen LogP contribution is 2.38. The van der Waals surface area contributed by atoms with Gasteiger partial charge in [0.05, 0.1) is 12.0 Å². The number of carboxylic acids is 1. The van der Waals surface area contributed by atoms with E-state index in [1.807, 2.05) is 36.4 Å². The van der Waals surface area contributed by atoms with E-state index in [-0.39, 0.29) is 6.42 Å². The van der Waals surface area contributed by atoms with Gasteiger partial charge in [0.25, 0.3) is 0 Å². The van der Waals surface area contributed by atoms with Gasteiger partial charge in [-0.15, -0.1) is 0 Å². The SMILES string of the molecule is O=C(O)CC1(O)CCC(CN2CCC(CCCc3ccccc3)CC2)C1.c1ccccc1. The Morgan fingerprint density at radius 1 is 0.906 bits per heavy atom. The highest BCUT2D eigenvalue weighted by atomic mass is 16.4. The molecule has 1 heterocycles. The van der Waals surface area contributed by atoms with Gasteiger partial charge in [-0.2, -0.15) is 0 Å². The first-order valence-corrected chi connectivity index (χ1v) is 12.2. The fourth-order valence-corrected chi connectivity index (χ4v) is 5.26. The Morgan fingerprint density at radius 3 is 2.09 bits per heavy atom. The molecular formula is C28H39NO3. The van der Waals surface area contributed by atoms with Crippen molar-refractivity contribution in [2.45, 2.75) is 63.4 Å². The molecule has 1 aliphatic carbocycles. The number of aliphatic carboxylic acids is 1. The lowest BCUT2D eigenvalue weighted by Gasteiger charge is -2.34. The lowest BCUT2D eigenvalue weighted by molar-refractivity contribution is -0.142. The maximum atomic E-state index is 10.9. The Morgan fingerprint density at radius 2 is 1.50 bits per heavy atom. The summed E-state index contributed by atoms with van der Waals surface area (Å²) in [5.74, 6) is 0.418. The van der Waals surface area contributed by atoms with Crippen LogP contribution < -0.4 is 0 Å². The number of piperidine rings is 1. The van der Waals surface area contributed by atoms with Gasteiger partial charge in [0.2, 0.25) is 0 Å². The first-order chi connectivity index (χ1) is 15.5. The maximum absolute atomic E-state index is 10.9. The number of likely N-dealkylation sites (tertiary alicyclic amines) is 1. The number of aryl methyl sites for hydroxylation is 1. The minimum Gasteiger partial charge on any atom is -0.481 e. The van der Waals surface area contributed by atoms with E-state index in [9.17, 15) is 9.90 Å². The molecule has 2 atom stereocenters. The molecule has 0 radical (unpaired) electrons. The van der Waals surface area contributed by atoms with Gasteiger partial charge in [-0.05, 0) is 75.4 Å². The first kappa shape index (κ1) is 24.5. The van der Waals surface area contributed by atoms with Crippen LogP contribution in [0.15, 0.2) is 66.7 Å². The molecule has 0 aromatic heterocycles. The Bertz CT molecular complexity index is 747. The molecule has 4 rings (SSSR count). The molecule has 1 saturated heterocycles. The van der Waals surface area contributed by atoms with E-state index >= 15 is 0 Å². The van der Waals surface area contributed by atoms with Gasteiger partial charge in [-0.25, -0.2) is 0 Å². The van der Waals surface area contributed by atoms with Gasteiger partial charge in [0.15, 0.2) is 0 Å². The molecule has 2 fully saturated rings. The Kier molecular flexibility index (Phi) is 9.76. The number of benzene rings is 2. The van der Waals surface area contributed by atoms with Gasteiger partial charge in [-0.3, -0.25) is 4.79 Å². The minimum atomic E-state index is -0.966. The molecule has 0 amide bonds. The van der Waals surface area contributed by atoms with E-state index < -0.39 is 11.6 Å². The molecule has 0 spiro atoms. The molecule has 4 heteroatoms. The molecular weight excluding hydrogens is 398 g/mol. The smallest absolute Gasteiger partial charge is 0.306 e. The molecule has 2 aromatic carbocycles. The molecule has 1 aliphatic heterocycles. The number of aliphatic hydroxyl groups is 1. The average molecular weight is 438 g/mol. The van der Waals surface area contributed by atoms with Crippen molar-refractivity contribution in [3.8, 4) is 0 Å². The third kappa shape index (κ3) is 8.76. The topological polar surface area (TPSA) is 60.8 Å². The lowest BCUT2D eigenvalue weighted by atomic mass is 9.90. The second-order valence-electron chi connectivity index (χ2n) is 9.68. The Balaban J connectivity index is 0.000000416. The van der Waals surface area contributed by atoms with Crippen molar-refractivity contribution in [1.29, 1.82) is 0 Å². The molecule has 0 bridgehead atoms. The van der Waals surface area contributed by atoms with Crippen molar-refractivity contribution in [1.82, 2.24) is 4.90 Å². The summed E-state index contributed by atoms with van der Waals surface area (Å²) in [4.78, 5) is 13.4. The molecule has 2 aliphatic rings. The van der Waals surface area contributed by atoms with E-state index in [1.165, 1.54) is 37.7 Å². The van der Waals surface area contributed by atoms with Crippen LogP contribution in [0.5, 0.6) is 0 Å². The average Bonchev–Trinajstić information content (AvgIpc) is 3.16. The largest absolute Gasteiger partial charge is 0.481 e. The van der Waals surface area contributed by atoms with Crippen molar-refractivity contribution in [3.05, 3.63) is 72.3 Å². The van der Waals surface area contributed by atoms with E-state index in [1.54, 1.807) is 0 Å². The second-order valence-corrected chi connectivity index (χ2v) is 9.68. The summed E-state index contributed by atoms with van der Waals surface area (Å²) in [7, 11) is 0. The van der Waals surface area contributed by atoms with Gasteiger partial charge in [0, 0.05) is 6.54 Å². The first-order valence-electron chi connectivity index (χ1n) is 12.2. The molecule has 174 valence electrons. The van der Waals surface area contributed by atoms with Crippen LogP contribution in [0.3, 0.4) is 0 Å². The van der Waals surface area contributed by atoms with Crippen molar-refractivity contribution in [3.63, 3.8) is 0 Å². The number of hydrogen-bond donors (Lipinski definition) is 2. The highest BCUT2D eigenvalue weighted by molar-refractivity contribution is 5.68. The van der Waals surface area contributed by atoms with Crippen LogP contribution in [-0.2, 0) is 11.2 Å². The molecule has 2 unspecified atom stereocenters.